The smallest absolute Gasteiger partial charge is 0.374 e. The highest BCUT2D eigenvalue weighted by atomic mass is 16.5. The molecule has 1 aliphatic rings. The van der Waals surface area contributed by atoms with E-state index in [-0.39, 0.29) is 13.0 Å². The van der Waals surface area contributed by atoms with Crippen LogP contribution in [0.3, 0.4) is 0 Å². The van der Waals surface area contributed by atoms with Crippen LogP contribution in [0.4, 0.5) is 0 Å². The summed E-state index contributed by atoms with van der Waals surface area (Å²) in [5, 5.41) is 0.997. The summed E-state index contributed by atoms with van der Waals surface area (Å²) in [4.78, 5) is 27.0. The Morgan fingerprint density at radius 3 is 3.05 bits per heavy atom. The molecule has 0 saturated heterocycles. The van der Waals surface area contributed by atoms with Gasteiger partial charge in [-0.25, -0.2) is 4.79 Å². The van der Waals surface area contributed by atoms with E-state index in [1.54, 1.807) is 6.20 Å². The Morgan fingerprint density at radius 2 is 2.24 bits per heavy atom. The Balaban J connectivity index is 1.91. The summed E-state index contributed by atoms with van der Waals surface area (Å²) in [5.74, 6) is -0.668. The third-order valence-electron chi connectivity index (χ3n) is 3.31. The average molecular weight is 283 g/mol. The zero-order chi connectivity index (χ0) is 14.8. The molecular formula is C16H13NO4. The van der Waals surface area contributed by atoms with Gasteiger partial charge in [-0.1, -0.05) is 6.07 Å². The van der Waals surface area contributed by atoms with E-state index in [1.807, 2.05) is 30.3 Å². The van der Waals surface area contributed by atoms with Gasteiger partial charge in [0.2, 0.25) is 5.78 Å². The number of methoxy groups -OCH3 is 1. The van der Waals surface area contributed by atoms with Gasteiger partial charge in [-0.15, -0.1) is 0 Å². The van der Waals surface area contributed by atoms with Crippen molar-refractivity contribution < 1.29 is 19.1 Å². The number of pyridine rings is 1. The number of carbonyl (C=O) groups excluding carboxylic acids is 2. The molecule has 0 radical (unpaired) electrons. The zero-order valence-electron chi connectivity index (χ0n) is 11.5. The van der Waals surface area contributed by atoms with E-state index < -0.39 is 11.8 Å². The van der Waals surface area contributed by atoms with Crippen molar-refractivity contribution in [1.82, 2.24) is 4.98 Å². The molecule has 0 aliphatic carbocycles. The number of hydrogen-bond acceptors (Lipinski definition) is 5. The first-order valence-electron chi connectivity index (χ1n) is 6.49. The number of ether oxygens (including phenoxy) is 2. The molecule has 1 aromatic heterocycles. The Morgan fingerprint density at radius 1 is 1.38 bits per heavy atom. The first-order chi connectivity index (χ1) is 10.2. The highest BCUT2D eigenvalue weighted by Crippen LogP contribution is 2.31. The molecule has 0 bridgehead atoms. The number of hydrogen-bond donors (Lipinski definition) is 0. The predicted molar refractivity (Wildman–Crippen MR) is 76.9 cm³/mol. The first kappa shape index (κ1) is 13.3. The topological polar surface area (TPSA) is 65.5 Å². The number of esters is 1. The Kier molecular flexibility index (Phi) is 3.39. The van der Waals surface area contributed by atoms with Crippen molar-refractivity contribution in [3.05, 3.63) is 41.6 Å². The van der Waals surface area contributed by atoms with E-state index in [0.717, 1.165) is 27.8 Å². The van der Waals surface area contributed by atoms with Gasteiger partial charge in [0, 0.05) is 29.6 Å². The maximum Gasteiger partial charge on any atom is 0.374 e. The lowest BCUT2D eigenvalue weighted by atomic mass is 10.0. The van der Waals surface area contributed by atoms with Crippen molar-refractivity contribution in [1.29, 1.82) is 0 Å². The van der Waals surface area contributed by atoms with Crippen LogP contribution in [0, 0.1) is 0 Å². The summed E-state index contributed by atoms with van der Waals surface area (Å²) in [5.41, 5.74) is 2.49. The molecule has 21 heavy (non-hydrogen) atoms. The van der Waals surface area contributed by atoms with Crippen molar-refractivity contribution >= 4 is 28.7 Å². The fraction of sp³-hybridized carbons (Fsp3) is 0.188. The second-order valence-corrected chi connectivity index (χ2v) is 4.77. The maximum absolute atomic E-state index is 11.6. The van der Waals surface area contributed by atoms with Gasteiger partial charge in [0.25, 0.3) is 0 Å². The fourth-order valence-corrected chi connectivity index (χ4v) is 2.28. The molecule has 106 valence electrons. The molecular weight excluding hydrogens is 270 g/mol. The van der Waals surface area contributed by atoms with Gasteiger partial charge >= 0.3 is 5.97 Å². The van der Waals surface area contributed by atoms with E-state index in [9.17, 15) is 9.59 Å². The molecule has 0 spiro atoms. The minimum atomic E-state index is -0.829. The van der Waals surface area contributed by atoms with Crippen molar-refractivity contribution in [3.63, 3.8) is 0 Å². The zero-order valence-corrected chi connectivity index (χ0v) is 11.5. The number of Topliss-reactive ketones (excluding diaryl/α,β-unsaturated/α-hetero) is 1. The third-order valence-corrected chi connectivity index (χ3v) is 3.31. The minimum absolute atomic E-state index is 0.0111. The van der Waals surface area contributed by atoms with Crippen molar-refractivity contribution in [2.45, 2.75) is 6.42 Å². The number of aromatic nitrogens is 1. The number of nitrogens with zero attached hydrogens (tertiary/aromatic N) is 1. The number of benzene rings is 1. The molecule has 5 heteroatoms. The van der Waals surface area contributed by atoms with Crippen LogP contribution < -0.4 is 4.74 Å². The van der Waals surface area contributed by atoms with Gasteiger partial charge in [0.05, 0.1) is 12.6 Å². The summed E-state index contributed by atoms with van der Waals surface area (Å²) in [6.45, 7) is 0.286. The molecule has 0 atom stereocenters. The van der Waals surface area contributed by atoms with Crippen LogP contribution in [-0.2, 0) is 14.3 Å². The second-order valence-electron chi connectivity index (χ2n) is 4.77. The van der Waals surface area contributed by atoms with Crippen LogP contribution in [0.15, 0.2) is 36.0 Å². The summed E-state index contributed by atoms with van der Waals surface area (Å²) >= 11 is 0. The molecule has 0 unspecified atom stereocenters. The third kappa shape index (κ3) is 2.63. The quantitative estimate of drug-likeness (QED) is 0.638. The lowest BCUT2D eigenvalue weighted by molar-refractivity contribution is -0.151. The van der Waals surface area contributed by atoms with Gasteiger partial charge in [-0.05, 0) is 23.8 Å². The number of rotatable bonds is 3. The van der Waals surface area contributed by atoms with Crippen molar-refractivity contribution in [3.8, 4) is 5.75 Å². The molecule has 0 amide bonds. The minimum Gasteiger partial charge on any atom is -0.489 e. The van der Waals surface area contributed by atoms with Gasteiger partial charge in [0.15, 0.2) is 0 Å². The van der Waals surface area contributed by atoms with E-state index in [2.05, 4.69) is 9.72 Å². The van der Waals surface area contributed by atoms with Gasteiger partial charge < -0.3 is 9.47 Å². The monoisotopic (exact) mass is 283 g/mol. The van der Waals surface area contributed by atoms with Crippen molar-refractivity contribution in [2.24, 2.45) is 0 Å². The van der Waals surface area contributed by atoms with E-state index in [4.69, 9.17) is 4.74 Å². The molecule has 2 heterocycles. The van der Waals surface area contributed by atoms with Crippen molar-refractivity contribution in [2.75, 3.05) is 13.7 Å². The lowest BCUT2D eigenvalue weighted by Gasteiger charge is -2.18. The first-order valence-corrected chi connectivity index (χ1v) is 6.49. The number of fused-ring (bicyclic) bond motifs is 2. The largest absolute Gasteiger partial charge is 0.489 e. The highest BCUT2D eigenvalue weighted by Gasteiger charge is 2.19. The average Bonchev–Trinajstić information content (AvgIpc) is 2.52. The molecule has 2 aromatic rings. The standard InChI is InChI=1S/C16H13NO4/c1-20-16(19)14(18)6-10-5-12-7-11-3-2-4-17-13(11)8-15(12)21-9-10/h2-5,7-8H,6,9H2,1H3. The van der Waals surface area contributed by atoms with Crippen LogP contribution in [0.5, 0.6) is 5.75 Å². The molecule has 3 rings (SSSR count). The van der Waals surface area contributed by atoms with E-state index >= 15 is 0 Å². The molecule has 0 N–H and O–H groups in total. The molecule has 1 aliphatic heterocycles. The van der Waals surface area contributed by atoms with Crippen LogP contribution in [0.1, 0.15) is 12.0 Å². The Bertz CT molecular complexity index is 764. The Hall–Kier alpha value is -2.69. The van der Waals surface area contributed by atoms with Crippen LogP contribution in [0.2, 0.25) is 0 Å². The second kappa shape index (κ2) is 5.36. The lowest BCUT2D eigenvalue weighted by Crippen LogP contribution is -2.18. The van der Waals surface area contributed by atoms with Gasteiger partial charge in [0.1, 0.15) is 12.4 Å². The molecule has 1 aromatic carbocycles. The predicted octanol–water partition coefficient (Wildman–Crippen LogP) is 2.14. The number of ketones is 1. The van der Waals surface area contributed by atoms with Crippen LogP contribution in [0.25, 0.3) is 17.0 Å². The summed E-state index contributed by atoms with van der Waals surface area (Å²) in [7, 11) is 1.19. The highest BCUT2D eigenvalue weighted by molar-refractivity contribution is 6.34. The molecule has 0 saturated carbocycles. The fourth-order valence-electron chi connectivity index (χ4n) is 2.28. The normalized spacial score (nSPS) is 13.1. The SMILES string of the molecule is COC(=O)C(=O)CC1=Cc2cc3cccnc3cc2OC1. The Labute approximate surface area is 121 Å². The van der Waals surface area contributed by atoms with E-state index in [0.29, 0.717) is 0 Å². The van der Waals surface area contributed by atoms with Gasteiger partial charge in [-0.3, -0.25) is 9.78 Å². The number of carbonyl (C=O) groups is 2. The van der Waals surface area contributed by atoms with Gasteiger partial charge in [-0.2, -0.15) is 0 Å². The summed E-state index contributed by atoms with van der Waals surface area (Å²) in [6, 6.07) is 7.66. The van der Waals surface area contributed by atoms with Crippen LogP contribution in [-0.4, -0.2) is 30.5 Å². The van der Waals surface area contributed by atoms with Crippen LogP contribution >= 0.6 is 0 Å². The maximum atomic E-state index is 11.6. The van der Waals surface area contributed by atoms with E-state index in [1.165, 1.54) is 7.11 Å². The summed E-state index contributed by atoms with van der Waals surface area (Å²) in [6.07, 6.45) is 3.62. The summed E-state index contributed by atoms with van der Waals surface area (Å²) < 4.78 is 10.1. The molecule has 5 nitrogen and oxygen atoms in total. The molecule has 0 fully saturated rings.